The Balaban J connectivity index is 1.69. The molecule has 0 bridgehead atoms. The molecule has 176 valence electrons. The Hall–Kier alpha value is -3.79. The molecule has 1 fully saturated rings. The van der Waals surface area contributed by atoms with E-state index in [9.17, 15) is 14.4 Å². The number of amides is 3. The molecule has 2 aromatic carbocycles. The van der Waals surface area contributed by atoms with Crippen LogP contribution in [0.5, 0.6) is 5.75 Å². The summed E-state index contributed by atoms with van der Waals surface area (Å²) in [5.41, 5.74) is 6.73. The number of benzene rings is 2. The highest BCUT2D eigenvalue weighted by Crippen LogP contribution is 2.18. The minimum Gasteiger partial charge on any atom is -0.497 e. The standard InChI is InChI=1S/C24H25N5O4S/c1-33-19-13-9-16(10-14-19)22(31)27-24-20(23(32)26-17-5-3-2-4-6-17)28-29(34-24)18-11-7-15(8-12-18)21(25)30/h7-14,17H,2-6H2,1H3,(H2,25,30)(H,26,32). The number of nitrogens with zero attached hydrogens (tertiary/aromatic N) is 3. The van der Waals surface area contributed by atoms with E-state index in [1.807, 2.05) is 0 Å². The van der Waals surface area contributed by atoms with Gasteiger partial charge in [0.2, 0.25) is 5.91 Å². The van der Waals surface area contributed by atoms with Crippen LogP contribution >= 0.6 is 11.5 Å². The first kappa shape index (κ1) is 23.4. The zero-order valence-corrected chi connectivity index (χ0v) is 19.5. The van der Waals surface area contributed by atoms with Gasteiger partial charge >= 0.3 is 0 Å². The monoisotopic (exact) mass is 479 g/mol. The van der Waals surface area contributed by atoms with E-state index in [1.54, 1.807) is 55.6 Å². The molecule has 0 saturated heterocycles. The molecule has 0 spiro atoms. The van der Waals surface area contributed by atoms with Crippen LogP contribution in [0, 0.1) is 0 Å². The summed E-state index contributed by atoms with van der Waals surface area (Å²) in [4.78, 5) is 41.5. The molecule has 3 N–H and O–H groups in total. The van der Waals surface area contributed by atoms with E-state index in [0.717, 1.165) is 37.2 Å². The fourth-order valence-corrected chi connectivity index (χ4v) is 4.61. The van der Waals surface area contributed by atoms with Gasteiger partial charge in [0, 0.05) is 17.2 Å². The number of nitrogens with one attached hydrogen (secondary N) is 1. The van der Waals surface area contributed by atoms with Crippen LogP contribution in [0.25, 0.3) is 5.69 Å². The van der Waals surface area contributed by atoms with Gasteiger partial charge in [-0.25, -0.2) is 0 Å². The van der Waals surface area contributed by atoms with E-state index in [-0.39, 0.29) is 22.3 Å². The predicted molar refractivity (Wildman–Crippen MR) is 127 cm³/mol. The molecule has 4 rings (SSSR count). The molecular formula is C24H25N5O4S. The third kappa shape index (κ3) is 5.40. The number of hydrogen-bond acceptors (Lipinski definition) is 6. The number of rotatable bonds is 6. The van der Waals surface area contributed by atoms with Crippen LogP contribution in [-0.2, 0) is 0 Å². The van der Waals surface area contributed by atoms with Crippen LogP contribution in [0.1, 0.15) is 63.3 Å². The van der Waals surface area contributed by atoms with Crippen LogP contribution in [0.2, 0.25) is 0 Å². The Morgan fingerprint density at radius 2 is 1.68 bits per heavy atom. The second-order valence-electron chi connectivity index (χ2n) is 7.98. The fraction of sp³-hybridized carbons (Fsp3) is 0.292. The quantitative estimate of drug-likeness (QED) is 0.562. The minimum atomic E-state index is -0.538. The molecule has 1 aromatic heterocycles. The molecule has 9 nitrogen and oxygen atoms in total. The molecule has 10 heteroatoms. The van der Waals surface area contributed by atoms with Crippen molar-refractivity contribution in [2.24, 2.45) is 10.7 Å². The van der Waals surface area contributed by atoms with E-state index in [4.69, 9.17) is 10.5 Å². The Morgan fingerprint density at radius 3 is 2.29 bits per heavy atom. The van der Waals surface area contributed by atoms with Crippen molar-refractivity contribution < 1.29 is 19.1 Å². The highest BCUT2D eigenvalue weighted by Gasteiger charge is 2.22. The van der Waals surface area contributed by atoms with Crippen molar-refractivity contribution >= 4 is 29.3 Å². The van der Waals surface area contributed by atoms with Gasteiger partial charge in [0.25, 0.3) is 11.8 Å². The maximum atomic E-state index is 13.1. The number of primary amides is 1. The molecule has 3 aromatic rings. The summed E-state index contributed by atoms with van der Waals surface area (Å²) < 4.78 is 6.83. The summed E-state index contributed by atoms with van der Waals surface area (Å²) in [6.45, 7) is 0. The smallest absolute Gasteiger partial charge is 0.278 e. The lowest BCUT2D eigenvalue weighted by atomic mass is 9.95. The normalized spacial score (nSPS) is 14.6. The lowest BCUT2D eigenvalue weighted by molar-refractivity contribution is 0.0920. The molecule has 3 amide bonds. The molecule has 0 radical (unpaired) electrons. The Kier molecular flexibility index (Phi) is 7.17. The van der Waals surface area contributed by atoms with E-state index < -0.39 is 11.8 Å². The average molecular weight is 480 g/mol. The predicted octanol–water partition coefficient (Wildman–Crippen LogP) is 2.84. The lowest BCUT2D eigenvalue weighted by Crippen LogP contribution is -2.38. The van der Waals surface area contributed by atoms with Crippen molar-refractivity contribution in [3.05, 3.63) is 70.0 Å². The van der Waals surface area contributed by atoms with Crippen LogP contribution < -0.4 is 20.5 Å². The molecule has 34 heavy (non-hydrogen) atoms. The number of carbonyl (C=O) groups excluding carboxylic acids is 3. The molecule has 1 aliphatic carbocycles. The van der Waals surface area contributed by atoms with Gasteiger partial charge in [-0.15, -0.1) is 5.10 Å². The van der Waals surface area contributed by atoms with Gasteiger partial charge in [0.1, 0.15) is 5.75 Å². The number of aromatic nitrogens is 2. The topological polar surface area (TPSA) is 129 Å². The molecule has 0 aliphatic heterocycles. The molecule has 1 heterocycles. The van der Waals surface area contributed by atoms with Gasteiger partial charge < -0.3 is 15.8 Å². The summed E-state index contributed by atoms with van der Waals surface area (Å²) in [7, 11) is 1.55. The SMILES string of the molecule is COc1ccc(C(=O)N=c2sn(-c3ccc(C(N)=O)cc3)nc2C(=O)NC2CCCCC2)cc1. The number of nitrogens with two attached hydrogens (primary N) is 1. The summed E-state index contributed by atoms with van der Waals surface area (Å²) in [6.07, 6.45) is 5.15. The first-order valence-electron chi connectivity index (χ1n) is 11.0. The summed E-state index contributed by atoms with van der Waals surface area (Å²) in [5, 5.41) is 7.47. The number of hydrogen-bond donors (Lipinski definition) is 2. The van der Waals surface area contributed by atoms with Crippen molar-refractivity contribution in [1.29, 1.82) is 0 Å². The Bertz CT molecular complexity index is 1260. The molecule has 1 saturated carbocycles. The van der Waals surface area contributed by atoms with Crippen molar-refractivity contribution in [3.63, 3.8) is 0 Å². The first-order chi connectivity index (χ1) is 16.4. The van der Waals surface area contributed by atoms with Crippen LogP contribution in [0.3, 0.4) is 0 Å². The summed E-state index contributed by atoms with van der Waals surface area (Å²) >= 11 is 1.06. The van der Waals surface area contributed by atoms with E-state index in [1.165, 1.54) is 10.5 Å². The van der Waals surface area contributed by atoms with Crippen LogP contribution in [-0.4, -0.2) is 40.0 Å². The largest absolute Gasteiger partial charge is 0.497 e. The van der Waals surface area contributed by atoms with Crippen molar-refractivity contribution in [3.8, 4) is 11.4 Å². The van der Waals surface area contributed by atoms with Crippen LogP contribution in [0.15, 0.2) is 53.5 Å². The Morgan fingerprint density at radius 1 is 1.03 bits per heavy atom. The second-order valence-corrected chi connectivity index (χ2v) is 8.90. The minimum absolute atomic E-state index is 0.0800. The van der Waals surface area contributed by atoms with Crippen molar-refractivity contribution in [1.82, 2.24) is 14.5 Å². The number of methoxy groups -OCH3 is 1. The van der Waals surface area contributed by atoms with Gasteiger partial charge in [-0.1, -0.05) is 19.3 Å². The third-order valence-electron chi connectivity index (χ3n) is 5.63. The van der Waals surface area contributed by atoms with E-state index in [2.05, 4.69) is 15.4 Å². The fourth-order valence-electron chi connectivity index (χ4n) is 3.75. The van der Waals surface area contributed by atoms with Gasteiger partial charge in [-0.3, -0.25) is 14.4 Å². The third-order valence-corrected chi connectivity index (χ3v) is 6.56. The zero-order valence-electron chi connectivity index (χ0n) is 18.7. The average Bonchev–Trinajstić information content (AvgIpc) is 3.28. The zero-order chi connectivity index (χ0) is 24.1. The summed E-state index contributed by atoms with van der Waals surface area (Å²) in [6, 6.07) is 13.1. The highest BCUT2D eigenvalue weighted by atomic mass is 32.1. The molecule has 1 aliphatic rings. The second kappa shape index (κ2) is 10.4. The number of carbonyl (C=O) groups is 3. The molecular weight excluding hydrogens is 454 g/mol. The van der Waals surface area contributed by atoms with Crippen molar-refractivity contribution in [2.75, 3.05) is 7.11 Å². The van der Waals surface area contributed by atoms with Crippen molar-refractivity contribution in [2.45, 2.75) is 38.1 Å². The lowest BCUT2D eigenvalue weighted by Gasteiger charge is -2.22. The maximum Gasteiger partial charge on any atom is 0.278 e. The van der Waals surface area contributed by atoms with Gasteiger partial charge in [-0.05, 0) is 72.9 Å². The summed E-state index contributed by atoms with van der Waals surface area (Å²) in [5.74, 6) is -0.769. The van der Waals surface area contributed by atoms with E-state index in [0.29, 0.717) is 22.6 Å². The van der Waals surface area contributed by atoms with Gasteiger partial charge in [0.05, 0.1) is 12.8 Å². The Labute approximate surface area is 200 Å². The number of ether oxygens (including phenoxy) is 1. The molecule has 0 atom stereocenters. The first-order valence-corrected chi connectivity index (χ1v) is 11.8. The highest BCUT2D eigenvalue weighted by molar-refractivity contribution is 7.04. The van der Waals surface area contributed by atoms with E-state index >= 15 is 0 Å². The maximum absolute atomic E-state index is 13.1. The van der Waals surface area contributed by atoms with Gasteiger partial charge in [-0.2, -0.15) is 9.06 Å². The van der Waals surface area contributed by atoms with Crippen LogP contribution in [0.4, 0.5) is 0 Å². The molecule has 0 unspecified atom stereocenters. The van der Waals surface area contributed by atoms with Gasteiger partial charge in [0.15, 0.2) is 10.4 Å².